The summed E-state index contributed by atoms with van der Waals surface area (Å²) in [5.74, 6) is -0.0841. The monoisotopic (exact) mass is 239 g/mol. The van der Waals surface area contributed by atoms with E-state index in [0.717, 1.165) is 0 Å². The van der Waals surface area contributed by atoms with E-state index in [-0.39, 0.29) is 11.8 Å². The smallest absolute Gasteiger partial charge is 0.296 e. The number of nitrogens with zero attached hydrogens (tertiary/aromatic N) is 1. The molecule has 0 aliphatic heterocycles. The molecule has 0 spiro atoms. The summed E-state index contributed by atoms with van der Waals surface area (Å²) >= 11 is 5.53. The van der Waals surface area contributed by atoms with Crippen molar-refractivity contribution in [2.24, 2.45) is 0 Å². The highest BCUT2D eigenvalue weighted by atomic mass is 35.5. The Morgan fingerprint density at radius 2 is 1.81 bits per heavy atom. The third-order valence-corrected chi connectivity index (χ3v) is 2.43. The van der Waals surface area contributed by atoms with Crippen molar-refractivity contribution in [2.45, 2.75) is 26.8 Å². The van der Waals surface area contributed by atoms with Crippen LogP contribution in [0.3, 0.4) is 0 Å². The molecule has 86 valence electrons. The first-order valence-electron chi connectivity index (χ1n) is 5.03. The van der Waals surface area contributed by atoms with Crippen molar-refractivity contribution in [1.29, 1.82) is 0 Å². The normalized spacial score (nSPS) is 10.3. The zero-order valence-corrected chi connectivity index (χ0v) is 10.3. The number of amides is 1. The van der Waals surface area contributed by atoms with Crippen molar-refractivity contribution >= 4 is 28.4 Å². The van der Waals surface area contributed by atoms with Crippen LogP contribution in [0.15, 0.2) is 24.3 Å². The molecule has 0 fully saturated rings. The van der Waals surface area contributed by atoms with Crippen molar-refractivity contribution in [3.05, 3.63) is 29.8 Å². The zero-order chi connectivity index (χ0) is 12.3. The van der Waals surface area contributed by atoms with Crippen LogP contribution < -0.4 is 4.90 Å². The fourth-order valence-electron chi connectivity index (χ4n) is 1.56. The number of benzene rings is 1. The number of halogens is 1. The van der Waals surface area contributed by atoms with E-state index in [1.807, 2.05) is 13.8 Å². The molecule has 4 heteroatoms. The van der Waals surface area contributed by atoms with Crippen LogP contribution in [0.5, 0.6) is 0 Å². The first-order chi connectivity index (χ1) is 7.45. The second kappa shape index (κ2) is 5.12. The van der Waals surface area contributed by atoms with E-state index in [9.17, 15) is 9.59 Å². The minimum absolute atomic E-state index is 0.0841. The van der Waals surface area contributed by atoms with Gasteiger partial charge in [-0.05, 0) is 44.5 Å². The molecule has 0 aromatic heterocycles. The molecule has 0 aliphatic rings. The van der Waals surface area contributed by atoms with E-state index in [0.29, 0.717) is 11.3 Å². The Kier molecular flexibility index (Phi) is 4.07. The van der Waals surface area contributed by atoms with Crippen LogP contribution in [0.2, 0.25) is 0 Å². The third-order valence-electron chi connectivity index (χ3n) is 2.25. The molecule has 0 atom stereocenters. The molecule has 0 bridgehead atoms. The largest absolute Gasteiger partial charge is 0.321 e. The molecule has 0 saturated heterocycles. The Hall–Kier alpha value is -1.35. The standard InChI is InChI=1S/C12H14ClNO2/c1-8(2)14(12(13)16)11-7-5-4-6-10(11)9(3)15/h4-8H,1-3H3. The number of hydrogen-bond donors (Lipinski definition) is 0. The first kappa shape index (κ1) is 12.7. The fourth-order valence-corrected chi connectivity index (χ4v) is 1.84. The molecule has 0 radical (unpaired) electrons. The molecule has 1 aromatic carbocycles. The highest BCUT2D eigenvalue weighted by molar-refractivity contribution is 6.66. The Bertz CT molecular complexity index is 415. The summed E-state index contributed by atoms with van der Waals surface area (Å²) in [5.41, 5.74) is 1.07. The number of anilines is 1. The molecular weight excluding hydrogens is 226 g/mol. The number of para-hydroxylation sites is 1. The van der Waals surface area contributed by atoms with Gasteiger partial charge in [0.1, 0.15) is 0 Å². The van der Waals surface area contributed by atoms with Crippen molar-refractivity contribution < 1.29 is 9.59 Å². The van der Waals surface area contributed by atoms with Crippen LogP contribution in [0.4, 0.5) is 10.5 Å². The molecule has 0 N–H and O–H groups in total. The van der Waals surface area contributed by atoms with Crippen LogP contribution in [0.1, 0.15) is 31.1 Å². The van der Waals surface area contributed by atoms with Crippen LogP contribution >= 0.6 is 11.6 Å². The molecule has 0 saturated carbocycles. The first-order valence-corrected chi connectivity index (χ1v) is 5.41. The fraction of sp³-hybridized carbons (Fsp3) is 0.333. The summed E-state index contributed by atoms with van der Waals surface area (Å²) in [5, 5.41) is -0.580. The summed E-state index contributed by atoms with van der Waals surface area (Å²) in [4.78, 5) is 24.2. The molecule has 1 rings (SSSR count). The summed E-state index contributed by atoms with van der Waals surface area (Å²) in [7, 11) is 0. The van der Waals surface area contributed by atoms with Crippen molar-refractivity contribution in [3.8, 4) is 0 Å². The predicted octanol–water partition coefficient (Wildman–Crippen LogP) is 3.46. The van der Waals surface area contributed by atoms with E-state index >= 15 is 0 Å². The van der Waals surface area contributed by atoms with Gasteiger partial charge in [0.25, 0.3) is 0 Å². The molecule has 1 amide bonds. The molecular formula is C12H14ClNO2. The lowest BCUT2D eigenvalue weighted by Gasteiger charge is -2.25. The van der Waals surface area contributed by atoms with Crippen molar-refractivity contribution in [1.82, 2.24) is 0 Å². The molecule has 0 heterocycles. The second-order valence-electron chi connectivity index (χ2n) is 3.79. The number of carbonyl (C=O) groups excluding carboxylic acids is 2. The Morgan fingerprint density at radius 3 is 2.25 bits per heavy atom. The van der Waals surface area contributed by atoms with Crippen LogP contribution in [-0.4, -0.2) is 17.2 Å². The highest BCUT2D eigenvalue weighted by Gasteiger charge is 2.20. The van der Waals surface area contributed by atoms with Gasteiger partial charge in [0.05, 0.1) is 5.69 Å². The summed E-state index contributed by atoms with van der Waals surface area (Å²) in [6.45, 7) is 5.16. The Balaban J connectivity index is 3.29. The number of carbonyl (C=O) groups is 2. The van der Waals surface area contributed by atoms with Crippen LogP contribution in [-0.2, 0) is 0 Å². The average Bonchev–Trinajstić information content (AvgIpc) is 2.17. The van der Waals surface area contributed by atoms with E-state index in [4.69, 9.17) is 11.6 Å². The van der Waals surface area contributed by atoms with Gasteiger partial charge >= 0.3 is 5.37 Å². The molecule has 0 unspecified atom stereocenters. The van der Waals surface area contributed by atoms with Gasteiger partial charge in [-0.15, -0.1) is 0 Å². The van der Waals surface area contributed by atoms with Gasteiger partial charge in [0.2, 0.25) is 0 Å². The average molecular weight is 240 g/mol. The molecule has 3 nitrogen and oxygen atoms in total. The van der Waals surface area contributed by atoms with Gasteiger partial charge in [0.15, 0.2) is 5.78 Å². The highest BCUT2D eigenvalue weighted by Crippen LogP contribution is 2.24. The van der Waals surface area contributed by atoms with E-state index in [1.165, 1.54) is 11.8 Å². The number of hydrogen-bond acceptors (Lipinski definition) is 2. The molecule has 0 aliphatic carbocycles. The predicted molar refractivity (Wildman–Crippen MR) is 65.3 cm³/mol. The van der Waals surface area contributed by atoms with Gasteiger partial charge in [-0.25, -0.2) is 0 Å². The quantitative estimate of drug-likeness (QED) is 0.460. The number of Topliss-reactive ketones (excluding diaryl/α,β-unsaturated/α-hetero) is 1. The maximum Gasteiger partial charge on any atom is 0.321 e. The lowest BCUT2D eigenvalue weighted by molar-refractivity contribution is 0.101. The topological polar surface area (TPSA) is 37.4 Å². The van der Waals surface area contributed by atoms with E-state index < -0.39 is 5.37 Å². The van der Waals surface area contributed by atoms with E-state index in [1.54, 1.807) is 24.3 Å². The van der Waals surface area contributed by atoms with Gasteiger partial charge in [-0.3, -0.25) is 14.5 Å². The molecule has 16 heavy (non-hydrogen) atoms. The maximum atomic E-state index is 11.4. The maximum absolute atomic E-state index is 11.4. The minimum Gasteiger partial charge on any atom is -0.296 e. The zero-order valence-electron chi connectivity index (χ0n) is 9.53. The van der Waals surface area contributed by atoms with Gasteiger partial charge < -0.3 is 0 Å². The van der Waals surface area contributed by atoms with E-state index in [2.05, 4.69) is 0 Å². The minimum atomic E-state index is -0.580. The molecule has 1 aromatic rings. The summed E-state index contributed by atoms with van der Waals surface area (Å²) in [6.07, 6.45) is 0. The lowest BCUT2D eigenvalue weighted by atomic mass is 10.1. The summed E-state index contributed by atoms with van der Waals surface area (Å²) < 4.78 is 0. The van der Waals surface area contributed by atoms with Crippen LogP contribution in [0, 0.1) is 0 Å². The lowest BCUT2D eigenvalue weighted by Crippen LogP contribution is -2.34. The number of rotatable bonds is 3. The number of ketones is 1. The Morgan fingerprint density at radius 1 is 1.25 bits per heavy atom. The summed E-state index contributed by atoms with van der Waals surface area (Å²) in [6, 6.07) is 6.85. The van der Waals surface area contributed by atoms with Gasteiger partial charge in [0, 0.05) is 11.6 Å². The Labute approximate surface area is 100 Å². The van der Waals surface area contributed by atoms with Gasteiger partial charge in [-0.1, -0.05) is 12.1 Å². The third kappa shape index (κ3) is 2.61. The van der Waals surface area contributed by atoms with Crippen molar-refractivity contribution in [3.63, 3.8) is 0 Å². The van der Waals surface area contributed by atoms with Gasteiger partial charge in [-0.2, -0.15) is 0 Å². The van der Waals surface area contributed by atoms with Crippen molar-refractivity contribution in [2.75, 3.05) is 4.90 Å². The SMILES string of the molecule is CC(=O)c1ccccc1N(C(=O)Cl)C(C)C. The second-order valence-corrected chi connectivity index (χ2v) is 4.11. The van der Waals surface area contributed by atoms with Crippen LogP contribution in [0.25, 0.3) is 0 Å².